The van der Waals surface area contributed by atoms with E-state index in [1.165, 1.54) is 5.39 Å². The fraction of sp³-hybridized carbons (Fsp3) is 0.333. The molecule has 0 atom stereocenters. The molecule has 0 radical (unpaired) electrons. The van der Waals surface area contributed by atoms with Gasteiger partial charge < -0.3 is 4.42 Å². The third-order valence-electron chi connectivity index (χ3n) is 2.11. The molecule has 0 aliphatic carbocycles. The van der Waals surface area contributed by atoms with E-state index in [9.17, 15) is 0 Å². The van der Waals surface area contributed by atoms with E-state index >= 15 is 0 Å². The summed E-state index contributed by atoms with van der Waals surface area (Å²) in [6, 6.07) is 8.23. The minimum absolute atomic E-state index is 0.640. The van der Waals surface area contributed by atoms with Gasteiger partial charge in [0, 0.05) is 5.39 Å². The van der Waals surface area contributed by atoms with E-state index in [1.54, 1.807) is 0 Å². The molecule has 80 valence electrons. The number of para-hydroxylation sites is 1. The highest BCUT2D eigenvalue weighted by Crippen LogP contribution is 2.29. The van der Waals surface area contributed by atoms with Crippen LogP contribution >= 0.6 is 27.7 Å². The van der Waals surface area contributed by atoms with Crippen molar-refractivity contribution in [3.8, 4) is 0 Å². The summed E-state index contributed by atoms with van der Waals surface area (Å²) >= 11 is 5.39. The Balaban J connectivity index is 2.27. The number of benzene rings is 1. The van der Waals surface area contributed by atoms with Crippen LogP contribution in [0, 0.1) is 0 Å². The molecule has 0 N–H and O–H groups in total. The van der Waals surface area contributed by atoms with E-state index in [2.05, 4.69) is 41.9 Å². The van der Waals surface area contributed by atoms with Gasteiger partial charge in [0.05, 0.1) is 10.2 Å². The first-order valence-electron chi connectivity index (χ1n) is 4.95. The van der Waals surface area contributed by atoms with Gasteiger partial charge in [0.25, 0.3) is 0 Å². The van der Waals surface area contributed by atoms with Crippen molar-refractivity contribution in [2.45, 2.75) is 24.9 Å². The molecule has 2 rings (SSSR count). The van der Waals surface area contributed by atoms with Crippen LogP contribution in [0.3, 0.4) is 0 Å². The normalized spacial score (nSPS) is 11.5. The zero-order valence-corrected chi connectivity index (χ0v) is 11.2. The minimum Gasteiger partial charge on any atom is -0.459 e. The number of hydrogen-bond acceptors (Lipinski definition) is 2. The van der Waals surface area contributed by atoms with Gasteiger partial charge in [-0.25, -0.2) is 0 Å². The van der Waals surface area contributed by atoms with Gasteiger partial charge in [-0.1, -0.05) is 26.0 Å². The predicted molar refractivity (Wildman–Crippen MR) is 70.3 cm³/mol. The molecule has 0 aliphatic rings. The topological polar surface area (TPSA) is 13.1 Å². The van der Waals surface area contributed by atoms with Crippen molar-refractivity contribution in [2.75, 3.05) is 0 Å². The van der Waals surface area contributed by atoms with Gasteiger partial charge in [0.15, 0.2) is 0 Å². The van der Waals surface area contributed by atoms with Crippen molar-refractivity contribution in [2.24, 2.45) is 0 Å². The van der Waals surface area contributed by atoms with Crippen molar-refractivity contribution < 1.29 is 4.42 Å². The number of hydrogen-bond donors (Lipinski definition) is 0. The van der Waals surface area contributed by atoms with Crippen molar-refractivity contribution in [3.05, 3.63) is 34.5 Å². The van der Waals surface area contributed by atoms with Gasteiger partial charge in [-0.3, -0.25) is 0 Å². The summed E-state index contributed by atoms with van der Waals surface area (Å²) < 4.78 is 6.81. The number of furan rings is 1. The molecule has 1 heterocycles. The average Bonchev–Trinajstić information content (AvgIpc) is 2.59. The molecule has 3 heteroatoms. The Labute approximate surface area is 102 Å². The predicted octanol–water partition coefficient (Wildman–Crippen LogP) is 4.84. The van der Waals surface area contributed by atoms with Gasteiger partial charge in [-0.15, -0.1) is 0 Å². The van der Waals surface area contributed by atoms with Crippen LogP contribution in [0.15, 0.2) is 33.2 Å². The molecule has 0 spiro atoms. The molecule has 0 fully saturated rings. The van der Waals surface area contributed by atoms with E-state index in [0.29, 0.717) is 5.25 Å². The summed E-state index contributed by atoms with van der Waals surface area (Å²) in [6.07, 6.45) is 0. The first-order valence-corrected chi connectivity index (χ1v) is 6.79. The lowest BCUT2D eigenvalue weighted by Crippen LogP contribution is -1.86. The van der Waals surface area contributed by atoms with Crippen LogP contribution in [0.25, 0.3) is 11.0 Å². The standard InChI is InChI=1S/C12H13BrOS/c1-8(2)15-7-10-6-9-4-3-5-11(13)12(9)14-10/h3-6,8H,7H2,1-2H3. The maximum atomic E-state index is 5.78. The monoisotopic (exact) mass is 284 g/mol. The highest BCUT2D eigenvalue weighted by atomic mass is 79.9. The second-order valence-electron chi connectivity index (χ2n) is 3.73. The Hall–Kier alpha value is -0.410. The fourth-order valence-electron chi connectivity index (χ4n) is 1.40. The second kappa shape index (κ2) is 4.62. The molecule has 0 unspecified atom stereocenters. The maximum absolute atomic E-state index is 5.78. The molecule has 0 amide bonds. The van der Waals surface area contributed by atoms with E-state index < -0.39 is 0 Å². The smallest absolute Gasteiger partial charge is 0.148 e. The summed E-state index contributed by atoms with van der Waals surface area (Å²) in [6.45, 7) is 4.40. The van der Waals surface area contributed by atoms with Crippen molar-refractivity contribution in [3.63, 3.8) is 0 Å². The van der Waals surface area contributed by atoms with Gasteiger partial charge in [0.2, 0.25) is 0 Å². The van der Waals surface area contributed by atoms with Crippen LogP contribution in [-0.2, 0) is 5.75 Å². The molecule has 1 nitrogen and oxygen atoms in total. The van der Waals surface area contributed by atoms with Crippen molar-refractivity contribution in [1.29, 1.82) is 0 Å². The molecule has 0 saturated carbocycles. The van der Waals surface area contributed by atoms with Crippen LogP contribution in [-0.4, -0.2) is 5.25 Å². The Bertz CT molecular complexity index is 462. The van der Waals surface area contributed by atoms with Crippen LogP contribution in [0.4, 0.5) is 0 Å². The largest absolute Gasteiger partial charge is 0.459 e. The van der Waals surface area contributed by atoms with E-state index in [4.69, 9.17) is 4.42 Å². The van der Waals surface area contributed by atoms with E-state index in [0.717, 1.165) is 21.6 Å². The Morgan fingerprint density at radius 3 is 2.87 bits per heavy atom. The molecule has 0 saturated heterocycles. The minimum atomic E-state index is 0.640. The summed E-state index contributed by atoms with van der Waals surface area (Å²) in [7, 11) is 0. The van der Waals surface area contributed by atoms with Crippen LogP contribution in [0.2, 0.25) is 0 Å². The molecule has 1 aromatic heterocycles. The molecular formula is C12H13BrOS. The third-order valence-corrected chi connectivity index (χ3v) is 3.85. The molecule has 0 aliphatic heterocycles. The first kappa shape index (κ1) is 11.1. The maximum Gasteiger partial charge on any atom is 0.148 e. The summed E-state index contributed by atoms with van der Waals surface area (Å²) in [5, 5.41) is 1.81. The molecule has 15 heavy (non-hydrogen) atoms. The average molecular weight is 285 g/mol. The summed E-state index contributed by atoms with van der Waals surface area (Å²) in [4.78, 5) is 0. The SMILES string of the molecule is CC(C)SCc1cc2cccc(Br)c2o1. The number of thioether (sulfide) groups is 1. The lowest BCUT2D eigenvalue weighted by atomic mass is 10.2. The van der Waals surface area contributed by atoms with Crippen LogP contribution < -0.4 is 0 Å². The van der Waals surface area contributed by atoms with Gasteiger partial charge in [0.1, 0.15) is 11.3 Å². The zero-order chi connectivity index (χ0) is 10.8. The second-order valence-corrected chi connectivity index (χ2v) is 6.15. The number of fused-ring (bicyclic) bond motifs is 1. The zero-order valence-electron chi connectivity index (χ0n) is 8.79. The van der Waals surface area contributed by atoms with Crippen LogP contribution in [0.5, 0.6) is 0 Å². The quantitative estimate of drug-likeness (QED) is 0.800. The molecule has 0 bridgehead atoms. The van der Waals surface area contributed by atoms with Crippen molar-refractivity contribution in [1.82, 2.24) is 0 Å². The summed E-state index contributed by atoms with van der Waals surface area (Å²) in [5.41, 5.74) is 0.955. The summed E-state index contributed by atoms with van der Waals surface area (Å²) in [5.74, 6) is 1.99. The first-order chi connectivity index (χ1) is 7.16. The Morgan fingerprint density at radius 2 is 2.20 bits per heavy atom. The Kier molecular flexibility index (Phi) is 3.42. The van der Waals surface area contributed by atoms with Crippen LogP contribution in [0.1, 0.15) is 19.6 Å². The highest BCUT2D eigenvalue weighted by molar-refractivity contribution is 9.10. The van der Waals surface area contributed by atoms with Gasteiger partial charge >= 0.3 is 0 Å². The fourth-order valence-corrected chi connectivity index (χ4v) is 2.50. The third kappa shape index (κ3) is 2.58. The van der Waals surface area contributed by atoms with Gasteiger partial charge in [-0.05, 0) is 33.3 Å². The molecule has 2 aromatic rings. The van der Waals surface area contributed by atoms with Gasteiger partial charge in [-0.2, -0.15) is 11.8 Å². The van der Waals surface area contributed by atoms with Crippen molar-refractivity contribution >= 4 is 38.7 Å². The number of halogens is 1. The lowest BCUT2D eigenvalue weighted by molar-refractivity contribution is 0.572. The van der Waals surface area contributed by atoms with E-state index in [1.807, 2.05) is 23.9 Å². The van der Waals surface area contributed by atoms with E-state index in [-0.39, 0.29) is 0 Å². The number of rotatable bonds is 3. The molecule has 1 aromatic carbocycles. The Morgan fingerprint density at radius 1 is 1.40 bits per heavy atom. The molecular weight excluding hydrogens is 272 g/mol. The lowest BCUT2D eigenvalue weighted by Gasteiger charge is -2.00. The highest BCUT2D eigenvalue weighted by Gasteiger charge is 2.06.